The lowest BCUT2D eigenvalue weighted by Crippen LogP contribution is -2.47. The summed E-state index contributed by atoms with van der Waals surface area (Å²) >= 11 is 0. The molecule has 0 aromatic heterocycles. The molecule has 0 aromatic rings. The smallest absolute Gasteiger partial charge is 0.223 e. The summed E-state index contributed by atoms with van der Waals surface area (Å²) in [6, 6.07) is 0. The van der Waals surface area contributed by atoms with Crippen molar-refractivity contribution in [3.8, 4) is 0 Å². The van der Waals surface area contributed by atoms with E-state index in [0.717, 1.165) is 51.7 Å². The summed E-state index contributed by atoms with van der Waals surface area (Å²) < 4.78 is 0. The number of rotatable bonds is 6. The highest BCUT2D eigenvalue weighted by Gasteiger charge is 2.24. The number of carbonyl (C=O) groups excluding carboxylic acids is 1. The largest absolute Gasteiger partial charge is 0.340 e. The van der Waals surface area contributed by atoms with Crippen molar-refractivity contribution in [2.45, 2.75) is 19.8 Å². The van der Waals surface area contributed by atoms with E-state index in [2.05, 4.69) is 29.1 Å². The predicted octanol–water partition coefficient (Wildman–Crippen LogP) is 0.925. The van der Waals surface area contributed by atoms with Gasteiger partial charge in [-0.3, -0.25) is 4.79 Å². The number of hydrogen-bond acceptors (Lipinski definition) is 4. The standard InChI is InChI=1S/C15H30N4O.2ClH/c1-3-17(2)12-14-4-8-18(13-14)9-5-15(20)19-10-6-16-7-11-19;;/h14,16H,3-13H2,1-2H3;2*1H. The zero-order valence-corrected chi connectivity index (χ0v) is 15.6. The summed E-state index contributed by atoms with van der Waals surface area (Å²) in [7, 11) is 2.19. The van der Waals surface area contributed by atoms with Crippen molar-refractivity contribution in [3.05, 3.63) is 0 Å². The number of hydrogen-bond donors (Lipinski definition) is 1. The van der Waals surface area contributed by atoms with Crippen molar-refractivity contribution in [3.63, 3.8) is 0 Å². The first-order chi connectivity index (χ1) is 9.69. The third-order valence-corrected chi connectivity index (χ3v) is 4.59. The summed E-state index contributed by atoms with van der Waals surface area (Å²) in [5.41, 5.74) is 0. The first-order valence-corrected chi connectivity index (χ1v) is 8.08. The molecule has 0 aromatic carbocycles. The number of carbonyl (C=O) groups is 1. The Morgan fingerprint density at radius 3 is 2.55 bits per heavy atom. The summed E-state index contributed by atoms with van der Waals surface area (Å²) in [5.74, 6) is 1.12. The van der Waals surface area contributed by atoms with Gasteiger partial charge in [0.25, 0.3) is 0 Å². The molecule has 0 spiro atoms. The molecule has 2 aliphatic rings. The average Bonchev–Trinajstić information content (AvgIpc) is 2.93. The van der Waals surface area contributed by atoms with Crippen LogP contribution in [0.1, 0.15) is 19.8 Å². The summed E-state index contributed by atoms with van der Waals surface area (Å²) in [6.45, 7) is 11.4. The Hall–Kier alpha value is -0.0700. The van der Waals surface area contributed by atoms with Crippen LogP contribution in [0.3, 0.4) is 0 Å². The molecule has 2 saturated heterocycles. The summed E-state index contributed by atoms with van der Waals surface area (Å²) in [5, 5.41) is 3.29. The Morgan fingerprint density at radius 1 is 1.23 bits per heavy atom. The maximum atomic E-state index is 12.1. The first-order valence-electron chi connectivity index (χ1n) is 8.08. The van der Waals surface area contributed by atoms with E-state index in [1.165, 1.54) is 19.5 Å². The molecule has 22 heavy (non-hydrogen) atoms. The van der Waals surface area contributed by atoms with Crippen LogP contribution in [-0.2, 0) is 4.79 Å². The van der Waals surface area contributed by atoms with E-state index in [0.29, 0.717) is 12.3 Å². The van der Waals surface area contributed by atoms with Crippen LogP contribution >= 0.6 is 24.8 Å². The second-order valence-electron chi connectivity index (χ2n) is 6.19. The van der Waals surface area contributed by atoms with Gasteiger partial charge >= 0.3 is 0 Å². The third kappa shape index (κ3) is 7.01. The van der Waals surface area contributed by atoms with E-state index in [9.17, 15) is 4.79 Å². The van der Waals surface area contributed by atoms with Crippen molar-refractivity contribution in [2.75, 3.05) is 66.0 Å². The van der Waals surface area contributed by atoms with Crippen LogP contribution in [0, 0.1) is 5.92 Å². The lowest BCUT2D eigenvalue weighted by Gasteiger charge is -2.28. The molecule has 0 aliphatic carbocycles. The molecular weight excluding hydrogens is 323 g/mol. The molecule has 2 heterocycles. The molecule has 132 valence electrons. The average molecular weight is 355 g/mol. The number of nitrogens with one attached hydrogen (secondary N) is 1. The summed E-state index contributed by atoms with van der Waals surface area (Å²) in [4.78, 5) is 19.0. The molecule has 0 radical (unpaired) electrons. The molecular formula is C15H32Cl2N4O. The first kappa shape index (κ1) is 21.9. The third-order valence-electron chi connectivity index (χ3n) is 4.59. The highest BCUT2D eigenvalue weighted by Crippen LogP contribution is 2.17. The van der Waals surface area contributed by atoms with Crippen molar-refractivity contribution in [1.82, 2.24) is 20.0 Å². The zero-order chi connectivity index (χ0) is 14.4. The normalized spacial score (nSPS) is 22.3. The van der Waals surface area contributed by atoms with E-state index in [-0.39, 0.29) is 24.8 Å². The Bertz CT molecular complexity index is 314. The molecule has 5 nitrogen and oxygen atoms in total. The molecule has 0 saturated carbocycles. The maximum Gasteiger partial charge on any atom is 0.223 e. The Morgan fingerprint density at radius 2 is 1.91 bits per heavy atom. The fraction of sp³-hybridized carbons (Fsp3) is 0.933. The van der Waals surface area contributed by atoms with E-state index in [1.54, 1.807) is 0 Å². The van der Waals surface area contributed by atoms with Gasteiger partial charge in [0.05, 0.1) is 0 Å². The van der Waals surface area contributed by atoms with E-state index in [4.69, 9.17) is 0 Å². The zero-order valence-electron chi connectivity index (χ0n) is 13.9. The Labute approximate surface area is 147 Å². The van der Waals surface area contributed by atoms with Crippen molar-refractivity contribution in [2.24, 2.45) is 5.92 Å². The van der Waals surface area contributed by atoms with Gasteiger partial charge in [0.15, 0.2) is 0 Å². The van der Waals surface area contributed by atoms with Crippen LogP contribution < -0.4 is 5.32 Å². The SMILES string of the molecule is CCN(C)CC1CCN(CCC(=O)N2CCNCC2)C1.Cl.Cl. The molecule has 2 fully saturated rings. The highest BCUT2D eigenvalue weighted by molar-refractivity contribution is 5.85. The van der Waals surface area contributed by atoms with Crippen LogP contribution in [0.5, 0.6) is 0 Å². The number of halogens is 2. The van der Waals surface area contributed by atoms with Gasteiger partial charge in [-0.25, -0.2) is 0 Å². The van der Waals surface area contributed by atoms with Crippen molar-refractivity contribution in [1.29, 1.82) is 0 Å². The number of piperazine rings is 1. The fourth-order valence-corrected chi connectivity index (χ4v) is 3.16. The van der Waals surface area contributed by atoms with Crippen LogP contribution in [0.2, 0.25) is 0 Å². The van der Waals surface area contributed by atoms with E-state index < -0.39 is 0 Å². The van der Waals surface area contributed by atoms with Gasteiger partial charge in [-0.2, -0.15) is 0 Å². The molecule has 0 bridgehead atoms. The number of nitrogens with zero attached hydrogens (tertiary/aromatic N) is 3. The van der Waals surface area contributed by atoms with E-state index in [1.807, 2.05) is 4.90 Å². The number of likely N-dealkylation sites (tertiary alicyclic amines) is 1. The molecule has 2 aliphatic heterocycles. The summed E-state index contributed by atoms with van der Waals surface area (Å²) in [6.07, 6.45) is 1.97. The second kappa shape index (κ2) is 11.5. The minimum Gasteiger partial charge on any atom is -0.340 e. The molecule has 1 unspecified atom stereocenters. The van der Waals surface area contributed by atoms with Gasteiger partial charge < -0.3 is 20.0 Å². The molecule has 1 amide bonds. The van der Waals surface area contributed by atoms with Crippen LogP contribution in [0.25, 0.3) is 0 Å². The molecule has 1 atom stereocenters. The van der Waals surface area contributed by atoms with Crippen LogP contribution in [-0.4, -0.2) is 86.6 Å². The minimum absolute atomic E-state index is 0. The van der Waals surface area contributed by atoms with Gasteiger partial charge in [-0.15, -0.1) is 24.8 Å². The van der Waals surface area contributed by atoms with Gasteiger partial charge in [0.1, 0.15) is 0 Å². The number of amides is 1. The Kier molecular flexibility index (Phi) is 11.4. The highest BCUT2D eigenvalue weighted by atomic mass is 35.5. The van der Waals surface area contributed by atoms with Crippen LogP contribution in [0.15, 0.2) is 0 Å². The lowest BCUT2D eigenvalue weighted by molar-refractivity contribution is -0.132. The lowest BCUT2D eigenvalue weighted by atomic mass is 10.1. The van der Waals surface area contributed by atoms with Gasteiger partial charge in [0, 0.05) is 52.2 Å². The molecule has 1 N–H and O–H groups in total. The fourth-order valence-electron chi connectivity index (χ4n) is 3.16. The van der Waals surface area contributed by atoms with Crippen LogP contribution in [0.4, 0.5) is 0 Å². The maximum absolute atomic E-state index is 12.1. The van der Waals surface area contributed by atoms with Gasteiger partial charge in [-0.1, -0.05) is 6.92 Å². The quantitative estimate of drug-likeness (QED) is 0.769. The predicted molar refractivity (Wildman–Crippen MR) is 96.3 cm³/mol. The van der Waals surface area contributed by atoms with E-state index >= 15 is 0 Å². The molecule has 7 heteroatoms. The van der Waals surface area contributed by atoms with Gasteiger partial charge in [0.2, 0.25) is 5.91 Å². The Balaban J connectivity index is 0.00000220. The van der Waals surface area contributed by atoms with Crippen molar-refractivity contribution >= 4 is 30.7 Å². The van der Waals surface area contributed by atoms with Crippen molar-refractivity contribution < 1.29 is 4.79 Å². The minimum atomic E-state index is 0. The topological polar surface area (TPSA) is 38.8 Å². The second-order valence-corrected chi connectivity index (χ2v) is 6.19. The molecule has 2 rings (SSSR count). The monoisotopic (exact) mass is 354 g/mol. The van der Waals surface area contributed by atoms with Gasteiger partial charge in [-0.05, 0) is 32.5 Å².